The molecule has 1 fully saturated rings. The van der Waals surface area contributed by atoms with Gasteiger partial charge in [0.1, 0.15) is 0 Å². The average molecular weight is 129 g/mol. The highest BCUT2D eigenvalue weighted by Gasteiger charge is 2.36. The van der Waals surface area contributed by atoms with Crippen LogP contribution in [0.1, 0.15) is 27.2 Å². The fraction of sp³-hybridized carbons (Fsp3) is 1.00. The van der Waals surface area contributed by atoms with E-state index >= 15 is 0 Å². The third-order valence-electron chi connectivity index (χ3n) is 2.09. The third kappa shape index (κ3) is 1.25. The molecule has 1 rings (SSSR count). The zero-order valence-corrected chi connectivity index (χ0v) is 6.35. The molecule has 3 atom stereocenters. The SMILES string of the molecule is C[C@@H]1C[C@](C)(N)[C@H](C)O1. The van der Waals surface area contributed by atoms with Crippen molar-refractivity contribution < 1.29 is 4.74 Å². The number of rotatable bonds is 0. The molecule has 2 N–H and O–H groups in total. The lowest BCUT2D eigenvalue weighted by Gasteiger charge is -2.20. The summed E-state index contributed by atoms with van der Waals surface area (Å²) in [5.41, 5.74) is 5.79. The molecule has 0 spiro atoms. The van der Waals surface area contributed by atoms with Gasteiger partial charge in [0, 0.05) is 5.54 Å². The van der Waals surface area contributed by atoms with Crippen molar-refractivity contribution in [3.63, 3.8) is 0 Å². The second-order valence-electron chi connectivity index (χ2n) is 3.30. The van der Waals surface area contributed by atoms with Gasteiger partial charge in [0.25, 0.3) is 0 Å². The van der Waals surface area contributed by atoms with Gasteiger partial charge in [-0.1, -0.05) is 0 Å². The molecule has 0 unspecified atom stereocenters. The molecule has 0 aromatic rings. The van der Waals surface area contributed by atoms with E-state index in [0.717, 1.165) is 6.42 Å². The zero-order chi connectivity index (χ0) is 7.07. The second kappa shape index (κ2) is 1.96. The molecule has 0 amide bonds. The lowest BCUT2D eigenvalue weighted by Crippen LogP contribution is -2.42. The minimum atomic E-state index is -0.0978. The van der Waals surface area contributed by atoms with Gasteiger partial charge in [-0.3, -0.25) is 0 Å². The first kappa shape index (κ1) is 7.03. The summed E-state index contributed by atoms with van der Waals surface area (Å²) < 4.78 is 5.45. The van der Waals surface area contributed by atoms with Gasteiger partial charge in [-0.15, -0.1) is 0 Å². The molecule has 2 nitrogen and oxygen atoms in total. The van der Waals surface area contributed by atoms with Crippen LogP contribution in [-0.4, -0.2) is 17.7 Å². The molecule has 2 heteroatoms. The van der Waals surface area contributed by atoms with E-state index in [1.165, 1.54) is 0 Å². The largest absolute Gasteiger partial charge is 0.374 e. The summed E-state index contributed by atoms with van der Waals surface area (Å²) in [6, 6.07) is 0. The van der Waals surface area contributed by atoms with E-state index in [0.29, 0.717) is 6.10 Å². The first-order valence-electron chi connectivity index (χ1n) is 3.47. The maximum atomic E-state index is 5.89. The van der Waals surface area contributed by atoms with Crippen LogP contribution >= 0.6 is 0 Å². The monoisotopic (exact) mass is 129 g/mol. The fourth-order valence-corrected chi connectivity index (χ4v) is 1.34. The molecule has 0 bridgehead atoms. The topological polar surface area (TPSA) is 35.2 Å². The lowest BCUT2D eigenvalue weighted by atomic mass is 9.95. The van der Waals surface area contributed by atoms with Crippen molar-refractivity contribution in [2.24, 2.45) is 5.73 Å². The molecule has 0 aromatic heterocycles. The molecule has 1 saturated heterocycles. The maximum absolute atomic E-state index is 5.89. The quantitative estimate of drug-likeness (QED) is 0.527. The predicted molar refractivity (Wildman–Crippen MR) is 37.2 cm³/mol. The van der Waals surface area contributed by atoms with E-state index in [9.17, 15) is 0 Å². The van der Waals surface area contributed by atoms with Crippen molar-refractivity contribution in [2.45, 2.75) is 44.9 Å². The Morgan fingerprint density at radius 3 is 2.22 bits per heavy atom. The van der Waals surface area contributed by atoms with Crippen molar-refractivity contribution in [1.29, 1.82) is 0 Å². The normalized spacial score (nSPS) is 52.0. The Morgan fingerprint density at radius 1 is 1.56 bits per heavy atom. The summed E-state index contributed by atoms with van der Waals surface area (Å²) in [5, 5.41) is 0. The molecule has 0 aliphatic carbocycles. The van der Waals surface area contributed by atoms with Crippen molar-refractivity contribution in [2.75, 3.05) is 0 Å². The van der Waals surface area contributed by atoms with E-state index < -0.39 is 0 Å². The van der Waals surface area contributed by atoms with Crippen LogP contribution in [0.3, 0.4) is 0 Å². The number of hydrogen-bond donors (Lipinski definition) is 1. The summed E-state index contributed by atoms with van der Waals surface area (Å²) in [5.74, 6) is 0. The Bertz CT molecular complexity index is 111. The standard InChI is InChI=1S/C7H15NO/c1-5-4-7(3,8)6(2)9-5/h5-6H,4,8H2,1-3H3/t5-,6+,7+/m1/s1. The molecule has 1 heterocycles. The minimum Gasteiger partial charge on any atom is -0.374 e. The second-order valence-corrected chi connectivity index (χ2v) is 3.30. The van der Waals surface area contributed by atoms with Gasteiger partial charge in [0.15, 0.2) is 0 Å². The summed E-state index contributed by atoms with van der Waals surface area (Å²) in [6.07, 6.45) is 1.54. The number of nitrogens with two attached hydrogens (primary N) is 1. The van der Waals surface area contributed by atoms with Gasteiger partial charge < -0.3 is 10.5 Å². The van der Waals surface area contributed by atoms with E-state index in [2.05, 4.69) is 6.92 Å². The van der Waals surface area contributed by atoms with E-state index in [-0.39, 0.29) is 11.6 Å². The van der Waals surface area contributed by atoms with Crippen molar-refractivity contribution >= 4 is 0 Å². The van der Waals surface area contributed by atoms with E-state index in [1.54, 1.807) is 0 Å². The first-order valence-corrected chi connectivity index (χ1v) is 3.47. The molecule has 9 heavy (non-hydrogen) atoms. The molecular weight excluding hydrogens is 114 g/mol. The minimum absolute atomic E-state index is 0.0978. The Morgan fingerprint density at radius 2 is 2.11 bits per heavy atom. The molecule has 0 radical (unpaired) electrons. The average Bonchev–Trinajstić information content (AvgIpc) is 1.79. The van der Waals surface area contributed by atoms with Crippen molar-refractivity contribution in [1.82, 2.24) is 0 Å². The summed E-state index contributed by atoms with van der Waals surface area (Å²) in [6.45, 7) is 6.14. The molecule has 0 saturated carbocycles. The van der Waals surface area contributed by atoms with Crippen molar-refractivity contribution in [3.8, 4) is 0 Å². The highest BCUT2D eigenvalue weighted by molar-refractivity contribution is 4.92. The van der Waals surface area contributed by atoms with Crippen LogP contribution in [0, 0.1) is 0 Å². The van der Waals surface area contributed by atoms with Gasteiger partial charge in [-0.2, -0.15) is 0 Å². The summed E-state index contributed by atoms with van der Waals surface area (Å²) >= 11 is 0. The van der Waals surface area contributed by atoms with Crippen LogP contribution in [0.5, 0.6) is 0 Å². The third-order valence-corrected chi connectivity index (χ3v) is 2.09. The van der Waals surface area contributed by atoms with Crippen LogP contribution in [0.4, 0.5) is 0 Å². The Hall–Kier alpha value is -0.0800. The van der Waals surface area contributed by atoms with Gasteiger partial charge in [0.2, 0.25) is 0 Å². The van der Waals surface area contributed by atoms with Crippen molar-refractivity contribution in [3.05, 3.63) is 0 Å². The van der Waals surface area contributed by atoms with Crippen LogP contribution in [-0.2, 0) is 4.74 Å². The molecule has 1 aliphatic heterocycles. The highest BCUT2D eigenvalue weighted by atomic mass is 16.5. The molecule has 0 aromatic carbocycles. The van der Waals surface area contributed by atoms with Crippen LogP contribution in [0.2, 0.25) is 0 Å². The van der Waals surface area contributed by atoms with Crippen LogP contribution in [0.25, 0.3) is 0 Å². The lowest BCUT2D eigenvalue weighted by molar-refractivity contribution is 0.0530. The van der Waals surface area contributed by atoms with Gasteiger partial charge in [-0.25, -0.2) is 0 Å². The first-order chi connectivity index (χ1) is 4.02. The summed E-state index contributed by atoms with van der Waals surface area (Å²) in [7, 11) is 0. The Labute approximate surface area is 56.4 Å². The Balaban J connectivity index is 2.58. The molecule has 54 valence electrons. The van der Waals surface area contributed by atoms with Gasteiger partial charge in [0.05, 0.1) is 12.2 Å². The fourth-order valence-electron chi connectivity index (χ4n) is 1.34. The zero-order valence-electron chi connectivity index (χ0n) is 6.35. The van der Waals surface area contributed by atoms with Crippen LogP contribution in [0.15, 0.2) is 0 Å². The molecular formula is C7H15NO. The van der Waals surface area contributed by atoms with Gasteiger partial charge in [-0.05, 0) is 27.2 Å². The van der Waals surface area contributed by atoms with Gasteiger partial charge >= 0.3 is 0 Å². The smallest absolute Gasteiger partial charge is 0.0728 e. The predicted octanol–water partition coefficient (Wildman–Crippen LogP) is 0.901. The Kier molecular flexibility index (Phi) is 1.53. The maximum Gasteiger partial charge on any atom is 0.0728 e. The van der Waals surface area contributed by atoms with E-state index in [4.69, 9.17) is 10.5 Å². The summed E-state index contributed by atoms with van der Waals surface area (Å²) in [4.78, 5) is 0. The highest BCUT2D eigenvalue weighted by Crippen LogP contribution is 2.26. The molecule has 1 aliphatic rings. The van der Waals surface area contributed by atoms with Crippen LogP contribution < -0.4 is 5.73 Å². The van der Waals surface area contributed by atoms with E-state index in [1.807, 2.05) is 13.8 Å². The number of hydrogen-bond acceptors (Lipinski definition) is 2. The number of ether oxygens (including phenoxy) is 1.